The molecule has 1 aliphatic carbocycles. The summed E-state index contributed by atoms with van der Waals surface area (Å²) in [6.45, 7) is 3.07. The van der Waals surface area contributed by atoms with Crippen molar-refractivity contribution < 1.29 is 0 Å². The predicted molar refractivity (Wildman–Crippen MR) is 86.5 cm³/mol. The topological polar surface area (TPSA) is 42.1 Å². The first-order valence-corrected chi connectivity index (χ1v) is 8.64. The number of rotatable bonds is 4. The lowest BCUT2D eigenvalue weighted by Crippen LogP contribution is -2.28. The Hall–Kier alpha value is -1.23. The van der Waals surface area contributed by atoms with Gasteiger partial charge in [0.05, 0.1) is 11.2 Å². The maximum absolute atomic E-state index is 6.39. The minimum atomic E-state index is 0.240. The number of aromatic nitrogens is 1. The number of hydrogen-bond donors (Lipinski definition) is 1. The Bertz CT molecular complexity index is 606. The van der Waals surface area contributed by atoms with E-state index in [1.54, 1.807) is 0 Å². The van der Waals surface area contributed by atoms with Crippen LogP contribution in [0.2, 0.25) is 0 Å². The Kier molecular flexibility index (Phi) is 3.53. The smallest absolute Gasteiger partial charge is 0.0798 e. The van der Waals surface area contributed by atoms with E-state index in [1.165, 1.54) is 29.0 Å². The van der Waals surface area contributed by atoms with Crippen molar-refractivity contribution in [2.45, 2.75) is 37.3 Å². The molecule has 2 aliphatic rings. The summed E-state index contributed by atoms with van der Waals surface area (Å²) in [5.41, 5.74) is 11.1. The Labute approximate surface area is 129 Å². The minimum Gasteiger partial charge on any atom is -0.326 e. The number of benzene rings is 1. The number of hydrogen-bond acceptors (Lipinski definition) is 4. The zero-order valence-corrected chi connectivity index (χ0v) is 12.9. The SMILES string of the molecule is N[C@@H]1CN(Cc2scnc2C2CC2)C[C@H]1c1ccccc1. The molecule has 2 N–H and O–H groups in total. The first-order chi connectivity index (χ1) is 10.3. The van der Waals surface area contributed by atoms with Gasteiger partial charge in [-0.25, -0.2) is 4.98 Å². The van der Waals surface area contributed by atoms with Crippen LogP contribution in [-0.4, -0.2) is 29.0 Å². The molecule has 2 heterocycles. The molecule has 110 valence electrons. The van der Waals surface area contributed by atoms with E-state index in [0.717, 1.165) is 25.6 Å². The quantitative estimate of drug-likeness (QED) is 0.944. The van der Waals surface area contributed by atoms with E-state index in [-0.39, 0.29) is 6.04 Å². The molecule has 1 saturated carbocycles. The van der Waals surface area contributed by atoms with Gasteiger partial charge in [-0.1, -0.05) is 30.3 Å². The van der Waals surface area contributed by atoms with Crippen molar-refractivity contribution in [3.05, 3.63) is 52.0 Å². The van der Waals surface area contributed by atoms with Gasteiger partial charge in [-0.05, 0) is 18.4 Å². The normalized spacial score (nSPS) is 26.3. The monoisotopic (exact) mass is 299 g/mol. The second-order valence-corrected chi connectivity index (χ2v) is 7.25. The molecule has 2 fully saturated rings. The molecule has 21 heavy (non-hydrogen) atoms. The highest BCUT2D eigenvalue weighted by Gasteiger charge is 2.33. The molecule has 1 saturated heterocycles. The fraction of sp³-hybridized carbons (Fsp3) is 0.471. The highest BCUT2D eigenvalue weighted by molar-refractivity contribution is 7.09. The van der Waals surface area contributed by atoms with E-state index in [4.69, 9.17) is 5.73 Å². The zero-order valence-electron chi connectivity index (χ0n) is 12.1. The highest BCUT2D eigenvalue weighted by Crippen LogP contribution is 2.42. The van der Waals surface area contributed by atoms with Gasteiger partial charge in [0.15, 0.2) is 0 Å². The van der Waals surface area contributed by atoms with Gasteiger partial charge in [0.2, 0.25) is 0 Å². The van der Waals surface area contributed by atoms with E-state index in [9.17, 15) is 0 Å². The van der Waals surface area contributed by atoms with Gasteiger partial charge in [0.25, 0.3) is 0 Å². The average molecular weight is 299 g/mol. The lowest BCUT2D eigenvalue weighted by molar-refractivity contribution is 0.325. The average Bonchev–Trinajstić information content (AvgIpc) is 3.14. The van der Waals surface area contributed by atoms with Crippen LogP contribution in [0.25, 0.3) is 0 Å². The molecular weight excluding hydrogens is 278 g/mol. The molecular formula is C17H21N3S. The van der Waals surface area contributed by atoms with Crippen molar-refractivity contribution in [2.24, 2.45) is 5.73 Å². The fourth-order valence-corrected chi connectivity index (χ4v) is 4.28. The van der Waals surface area contributed by atoms with Gasteiger partial charge in [0.1, 0.15) is 0 Å². The first kappa shape index (κ1) is 13.4. The van der Waals surface area contributed by atoms with Gasteiger partial charge in [-0.15, -0.1) is 11.3 Å². The standard InChI is InChI=1S/C17H21N3S/c18-15-9-20(8-14(15)12-4-2-1-3-5-12)10-16-17(13-6-7-13)19-11-21-16/h1-5,11,13-15H,6-10,18H2/t14-,15+/m0/s1. The Morgan fingerprint density at radius 2 is 2.00 bits per heavy atom. The molecule has 1 aromatic carbocycles. The van der Waals surface area contributed by atoms with Crippen molar-refractivity contribution in [1.29, 1.82) is 0 Å². The number of nitrogens with two attached hydrogens (primary N) is 1. The van der Waals surface area contributed by atoms with E-state index in [1.807, 2.05) is 16.8 Å². The largest absolute Gasteiger partial charge is 0.326 e. The summed E-state index contributed by atoms with van der Waals surface area (Å²) in [5, 5.41) is 0. The third-order valence-electron chi connectivity index (χ3n) is 4.67. The molecule has 1 aromatic heterocycles. The number of likely N-dealkylation sites (tertiary alicyclic amines) is 1. The second-order valence-electron chi connectivity index (χ2n) is 6.31. The summed E-state index contributed by atoms with van der Waals surface area (Å²) < 4.78 is 0. The Morgan fingerprint density at radius 1 is 1.19 bits per heavy atom. The summed E-state index contributed by atoms with van der Waals surface area (Å²) in [6.07, 6.45) is 2.64. The highest BCUT2D eigenvalue weighted by atomic mass is 32.1. The van der Waals surface area contributed by atoms with Crippen LogP contribution in [0.15, 0.2) is 35.8 Å². The third-order valence-corrected chi connectivity index (χ3v) is 5.51. The van der Waals surface area contributed by atoms with Gasteiger partial charge in [-0.2, -0.15) is 0 Å². The van der Waals surface area contributed by atoms with Crippen LogP contribution < -0.4 is 5.73 Å². The van der Waals surface area contributed by atoms with E-state index in [0.29, 0.717) is 5.92 Å². The Balaban J connectivity index is 1.47. The van der Waals surface area contributed by atoms with Crippen LogP contribution in [-0.2, 0) is 6.54 Å². The van der Waals surface area contributed by atoms with Gasteiger partial charge in [0, 0.05) is 42.4 Å². The van der Waals surface area contributed by atoms with Crippen LogP contribution in [0.5, 0.6) is 0 Å². The summed E-state index contributed by atoms with van der Waals surface area (Å²) in [5.74, 6) is 1.20. The van der Waals surface area contributed by atoms with Crippen molar-refractivity contribution in [2.75, 3.05) is 13.1 Å². The van der Waals surface area contributed by atoms with Crippen molar-refractivity contribution >= 4 is 11.3 Å². The lowest BCUT2D eigenvalue weighted by atomic mass is 9.95. The lowest BCUT2D eigenvalue weighted by Gasteiger charge is -2.16. The molecule has 3 nitrogen and oxygen atoms in total. The second kappa shape index (κ2) is 5.52. The summed E-state index contributed by atoms with van der Waals surface area (Å²) in [4.78, 5) is 8.54. The molecule has 0 unspecified atom stereocenters. The van der Waals surface area contributed by atoms with Crippen LogP contribution >= 0.6 is 11.3 Å². The van der Waals surface area contributed by atoms with E-state index < -0.39 is 0 Å². The third kappa shape index (κ3) is 2.76. The van der Waals surface area contributed by atoms with Gasteiger partial charge < -0.3 is 5.73 Å². The predicted octanol–water partition coefficient (Wildman–Crippen LogP) is 2.95. The first-order valence-electron chi connectivity index (χ1n) is 7.76. The number of nitrogens with zero attached hydrogens (tertiary/aromatic N) is 2. The van der Waals surface area contributed by atoms with Crippen LogP contribution in [0.4, 0.5) is 0 Å². The zero-order chi connectivity index (χ0) is 14.2. The molecule has 2 aromatic rings. The van der Waals surface area contributed by atoms with Crippen LogP contribution in [0.3, 0.4) is 0 Å². The van der Waals surface area contributed by atoms with E-state index in [2.05, 4.69) is 40.2 Å². The maximum atomic E-state index is 6.39. The molecule has 4 heteroatoms. The number of thiazole rings is 1. The summed E-state index contributed by atoms with van der Waals surface area (Å²) in [6, 6.07) is 10.9. The summed E-state index contributed by atoms with van der Waals surface area (Å²) >= 11 is 1.81. The van der Waals surface area contributed by atoms with E-state index >= 15 is 0 Å². The van der Waals surface area contributed by atoms with Crippen molar-refractivity contribution in [3.63, 3.8) is 0 Å². The molecule has 2 atom stereocenters. The molecule has 4 rings (SSSR count). The Morgan fingerprint density at radius 3 is 2.76 bits per heavy atom. The molecule has 0 radical (unpaired) electrons. The fourth-order valence-electron chi connectivity index (χ4n) is 3.39. The summed E-state index contributed by atoms with van der Waals surface area (Å²) in [7, 11) is 0. The molecule has 0 bridgehead atoms. The van der Waals surface area contributed by atoms with Crippen LogP contribution in [0, 0.1) is 0 Å². The molecule has 0 spiro atoms. The maximum Gasteiger partial charge on any atom is 0.0798 e. The van der Waals surface area contributed by atoms with Crippen molar-refractivity contribution in [3.8, 4) is 0 Å². The molecule has 0 amide bonds. The van der Waals surface area contributed by atoms with Gasteiger partial charge in [-0.3, -0.25) is 4.90 Å². The van der Waals surface area contributed by atoms with Crippen LogP contribution in [0.1, 0.15) is 40.8 Å². The van der Waals surface area contributed by atoms with Crippen molar-refractivity contribution in [1.82, 2.24) is 9.88 Å². The van der Waals surface area contributed by atoms with Gasteiger partial charge >= 0.3 is 0 Å². The minimum absolute atomic E-state index is 0.240. The molecule has 1 aliphatic heterocycles.